The van der Waals surface area contributed by atoms with Gasteiger partial charge in [0.15, 0.2) is 9.92 Å². The molecule has 2 aliphatic carbocycles. The molecule has 3 unspecified atom stereocenters. The standard InChI is InChI=1S/C38H36FN5O3S/c1-25-24-44-36(47-25)34(23-40-44)48(46,42-37(45)41-35-32-19-11-12-26(32)20-27-21-31(39)22-33(27)35)43-38(28-13-5-2-6-14-28,29-15-7-3-8-16-29)30-17-9-4-10-18-30/h2-10,13-18,20,23,25,31H,11-12,19,21-22,24H2,1H3,(H2,41,42,43,45,46). The molecule has 0 saturated heterocycles. The van der Waals surface area contributed by atoms with Gasteiger partial charge in [0.25, 0.3) is 0 Å². The first kappa shape index (κ1) is 30.4. The third-order valence-electron chi connectivity index (χ3n) is 9.58. The molecule has 0 spiro atoms. The second-order valence-electron chi connectivity index (χ2n) is 12.8. The first-order chi connectivity index (χ1) is 23.3. The van der Waals surface area contributed by atoms with Gasteiger partial charge < -0.3 is 10.1 Å². The van der Waals surface area contributed by atoms with Crippen LogP contribution in [0.2, 0.25) is 0 Å². The van der Waals surface area contributed by atoms with Crippen LogP contribution >= 0.6 is 0 Å². The Labute approximate surface area is 279 Å². The van der Waals surface area contributed by atoms with Crippen molar-refractivity contribution in [3.8, 4) is 5.88 Å². The molecule has 0 radical (unpaired) electrons. The molecule has 10 heteroatoms. The highest BCUT2D eigenvalue weighted by Gasteiger charge is 2.41. The Morgan fingerprint density at radius 1 is 0.917 bits per heavy atom. The molecule has 244 valence electrons. The van der Waals surface area contributed by atoms with Crippen molar-refractivity contribution in [1.82, 2.24) is 14.5 Å². The third kappa shape index (κ3) is 5.15. The maximum atomic E-state index is 15.8. The summed E-state index contributed by atoms with van der Waals surface area (Å²) in [5, 5.41) is 7.53. The number of aryl methyl sites for hydroxylation is 1. The molecular weight excluding hydrogens is 626 g/mol. The zero-order chi connectivity index (χ0) is 32.9. The Hall–Kier alpha value is -4.96. The van der Waals surface area contributed by atoms with Crippen LogP contribution in [-0.2, 0) is 47.7 Å². The van der Waals surface area contributed by atoms with Gasteiger partial charge in [-0.05, 0) is 65.1 Å². The van der Waals surface area contributed by atoms with E-state index in [1.807, 2.05) is 97.9 Å². The van der Waals surface area contributed by atoms with Crippen LogP contribution in [-0.4, -0.2) is 32.3 Å². The molecule has 4 aromatic carbocycles. The number of anilines is 1. The molecule has 1 aliphatic heterocycles. The Morgan fingerprint density at radius 3 is 2.17 bits per heavy atom. The number of aromatic nitrogens is 2. The Balaban J connectivity index is 1.34. The van der Waals surface area contributed by atoms with E-state index in [-0.39, 0.29) is 17.4 Å². The minimum Gasteiger partial charge on any atom is -0.472 e. The fourth-order valence-electron chi connectivity index (χ4n) is 7.50. The number of hydrogen-bond donors (Lipinski definition) is 2. The van der Waals surface area contributed by atoms with Gasteiger partial charge in [0.05, 0.1) is 12.7 Å². The number of alkyl halides is 1. The number of rotatable bonds is 7. The number of carbonyl (C=O) groups is 1. The van der Waals surface area contributed by atoms with Crippen molar-refractivity contribution in [2.24, 2.45) is 4.36 Å². The molecule has 2 N–H and O–H groups in total. The van der Waals surface area contributed by atoms with Gasteiger partial charge in [-0.15, -0.1) is 0 Å². The van der Waals surface area contributed by atoms with Crippen LogP contribution in [0, 0.1) is 0 Å². The van der Waals surface area contributed by atoms with Gasteiger partial charge >= 0.3 is 6.03 Å². The van der Waals surface area contributed by atoms with Crippen molar-refractivity contribution >= 4 is 21.6 Å². The van der Waals surface area contributed by atoms with Gasteiger partial charge in [0.1, 0.15) is 22.7 Å². The molecule has 48 heavy (non-hydrogen) atoms. The summed E-state index contributed by atoms with van der Waals surface area (Å²) in [6.07, 6.45) is 3.48. The number of nitrogens with one attached hydrogen (secondary N) is 2. The van der Waals surface area contributed by atoms with Gasteiger partial charge in [0.2, 0.25) is 5.88 Å². The summed E-state index contributed by atoms with van der Waals surface area (Å²) >= 11 is 0. The second kappa shape index (κ2) is 11.9. The molecule has 0 fully saturated rings. The highest BCUT2D eigenvalue weighted by atomic mass is 32.2. The molecule has 0 saturated carbocycles. The Morgan fingerprint density at radius 2 is 1.54 bits per heavy atom. The van der Waals surface area contributed by atoms with Crippen molar-refractivity contribution in [2.45, 2.75) is 68.3 Å². The highest BCUT2D eigenvalue weighted by Crippen LogP contribution is 2.44. The molecule has 2 heterocycles. The number of halogens is 1. The topological polar surface area (TPSA) is 97.6 Å². The van der Waals surface area contributed by atoms with E-state index < -0.39 is 27.7 Å². The molecule has 5 aromatic rings. The van der Waals surface area contributed by atoms with E-state index in [2.05, 4.69) is 21.2 Å². The highest BCUT2D eigenvalue weighted by molar-refractivity contribution is 7.92. The van der Waals surface area contributed by atoms with E-state index in [9.17, 15) is 9.18 Å². The average Bonchev–Trinajstić information content (AvgIpc) is 3.89. The summed E-state index contributed by atoms with van der Waals surface area (Å²) in [7, 11) is -3.85. The number of carbonyl (C=O) groups excluding carboxylic acids is 1. The Bertz CT molecular complexity index is 2030. The van der Waals surface area contributed by atoms with Crippen molar-refractivity contribution < 1.29 is 18.1 Å². The lowest BCUT2D eigenvalue weighted by molar-refractivity contribution is 0.248. The number of amides is 2. The molecule has 1 aromatic heterocycles. The van der Waals surface area contributed by atoms with E-state index in [0.29, 0.717) is 24.5 Å². The normalized spacial score (nSPS) is 19.0. The number of nitrogens with zero attached hydrogens (tertiary/aromatic N) is 3. The van der Waals surface area contributed by atoms with Crippen LogP contribution in [0.1, 0.15) is 52.3 Å². The number of urea groups is 1. The summed E-state index contributed by atoms with van der Waals surface area (Å²) in [4.78, 5) is 14.4. The number of hydrogen-bond acceptors (Lipinski definition) is 5. The lowest BCUT2D eigenvalue weighted by Crippen LogP contribution is -2.38. The van der Waals surface area contributed by atoms with Crippen LogP contribution in [0.4, 0.5) is 14.9 Å². The minimum atomic E-state index is -3.85. The lowest BCUT2D eigenvalue weighted by Gasteiger charge is -2.33. The summed E-state index contributed by atoms with van der Waals surface area (Å²) < 4.78 is 46.4. The van der Waals surface area contributed by atoms with Crippen molar-refractivity contribution in [2.75, 3.05) is 5.32 Å². The SMILES string of the molecule is CC1Cn2ncc(S(=O)(=NC(c3ccccc3)(c3ccccc3)c3ccccc3)NC(=O)Nc3c4c(cc5c3CC(F)C5)CCC4)c2O1. The Kier molecular flexibility index (Phi) is 7.55. The summed E-state index contributed by atoms with van der Waals surface area (Å²) in [5.74, 6) is 0.307. The van der Waals surface area contributed by atoms with Gasteiger partial charge in [0, 0.05) is 18.5 Å². The van der Waals surface area contributed by atoms with E-state index in [4.69, 9.17) is 9.10 Å². The summed E-state index contributed by atoms with van der Waals surface area (Å²) in [5.41, 5.74) is 5.52. The second-order valence-corrected chi connectivity index (χ2v) is 14.7. The van der Waals surface area contributed by atoms with E-state index in [1.165, 1.54) is 6.20 Å². The van der Waals surface area contributed by atoms with Crippen LogP contribution in [0.25, 0.3) is 0 Å². The van der Waals surface area contributed by atoms with Crippen LogP contribution in [0.5, 0.6) is 5.88 Å². The molecule has 2 amide bonds. The average molecular weight is 662 g/mol. The number of benzene rings is 4. The minimum absolute atomic E-state index is 0.182. The maximum absolute atomic E-state index is 15.8. The predicted molar refractivity (Wildman–Crippen MR) is 183 cm³/mol. The lowest BCUT2D eigenvalue weighted by atomic mass is 9.78. The first-order valence-electron chi connectivity index (χ1n) is 16.4. The number of fused-ring (bicyclic) bond motifs is 3. The fraction of sp³-hybridized carbons (Fsp3) is 0.263. The van der Waals surface area contributed by atoms with Crippen molar-refractivity contribution in [3.05, 3.63) is 142 Å². The molecular formula is C38H36FN5O3S. The molecule has 3 atom stereocenters. The molecule has 8 nitrogen and oxygen atoms in total. The molecule has 8 rings (SSSR count). The molecule has 0 bridgehead atoms. The van der Waals surface area contributed by atoms with Gasteiger partial charge in [-0.1, -0.05) is 97.1 Å². The van der Waals surface area contributed by atoms with Gasteiger partial charge in [-0.3, -0.25) is 0 Å². The van der Waals surface area contributed by atoms with E-state index >= 15 is 4.21 Å². The van der Waals surface area contributed by atoms with Gasteiger partial charge in [-0.2, -0.15) is 9.46 Å². The summed E-state index contributed by atoms with van der Waals surface area (Å²) in [6, 6.07) is 30.4. The van der Waals surface area contributed by atoms with Crippen LogP contribution in [0.15, 0.2) is 113 Å². The van der Waals surface area contributed by atoms with Crippen LogP contribution in [0.3, 0.4) is 0 Å². The number of ether oxygens (including phenoxy) is 1. The van der Waals surface area contributed by atoms with Crippen molar-refractivity contribution in [3.63, 3.8) is 0 Å². The fourth-order valence-corrected chi connectivity index (χ4v) is 9.34. The summed E-state index contributed by atoms with van der Waals surface area (Å²) in [6.45, 7) is 2.39. The zero-order valence-electron chi connectivity index (χ0n) is 26.6. The quantitative estimate of drug-likeness (QED) is 0.181. The maximum Gasteiger partial charge on any atom is 0.331 e. The first-order valence-corrected chi connectivity index (χ1v) is 17.9. The smallest absolute Gasteiger partial charge is 0.331 e. The monoisotopic (exact) mass is 661 g/mol. The van der Waals surface area contributed by atoms with Crippen molar-refractivity contribution in [1.29, 1.82) is 0 Å². The third-order valence-corrected chi connectivity index (χ3v) is 11.4. The molecule has 3 aliphatic rings. The predicted octanol–water partition coefficient (Wildman–Crippen LogP) is 7.15. The zero-order valence-corrected chi connectivity index (χ0v) is 27.4. The largest absolute Gasteiger partial charge is 0.472 e. The van der Waals surface area contributed by atoms with E-state index in [0.717, 1.165) is 58.2 Å². The van der Waals surface area contributed by atoms with E-state index in [1.54, 1.807) is 4.68 Å². The van der Waals surface area contributed by atoms with Crippen LogP contribution < -0.4 is 14.8 Å². The van der Waals surface area contributed by atoms with Gasteiger partial charge in [-0.25, -0.2) is 22.8 Å².